The fraction of sp³-hybridized carbons (Fsp3) is 0.889. The topological polar surface area (TPSA) is 0 Å². The standard InChI is InChI=1S/C18H28/c1-3-7-16-13(5-1)9-11-15-12-10-14-6-2-4-8-17(14)18(15)16/h1,5,13-18H,2-4,6-12H2. The van der Waals surface area contributed by atoms with Crippen LogP contribution in [0.15, 0.2) is 12.2 Å². The van der Waals surface area contributed by atoms with Crippen LogP contribution in [0, 0.1) is 35.5 Å². The van der Waals surface area contributed by atoms with Gasteiger partial charge in [0, 0.05) is 0 Å². The number of fused-ring (bicyclic) bond motifs is 5. The third-order valence-corrected chi connectivity index (χ3v) is 6.88. The number of hydrogen-bond donors (Lipinski definition) is 0. The number of rotatable bonds is 0. The van der Waals surface area contributed by atoms with Gasteiger partial charge in [-0.2, -0.15) is 0 Å². The summed E-state index contributed by atoms with van der Waals surface area (Å²) in [4.78, 5) is 0. The molecule has 0 spiro atoms. The molecule has 6 atom stereocenters. The molecule has 0 radical (unpaired) electrons. The van der Waals surface area contributed by atoms with Crippen molar-refractivity contribution in [3.8, 4) is 0 Å². The molecule has 0 aromatic heterocycles. The van der Waals surface area contributed by atoms with E-state index in [0.29, 0.717) is 0 Å². The van der Waals surface area contributed by atoms with Crippen molar-refractivity contribution in [2.24, 2.45) is 35.5 Å². The van der Waals surface area contributed by atoms with E-state index in [2.05, 4.69) is 12.2 Å². The molecule has 0 heterocycles. The van der Waals surface area contributed by atoms with Gasteiger partial charge in [0.05, 0.1) is 0 Å². The van der Waals surface area contributed by atoms with Gasteiger partial charge in [-0.1, -0.05) is 31.4 Å². The van der Waals surface area contributed by atoms with Crippen LogP contribution in [-0.4, -0.2) is 0 Å². The highest BCUT2D eigenvalue weighted by Crippen LogP contribution is 2.56. The van der Waals surface area contributed by atoms with Crippen molar-refractivity contribution < 1.29 is 0 Å². The second-order valence-electron chi connectivity index (χ2n) is 7.53. The van der Waals surface area contributed by atoms with Crippen LogP contribution < -0.4 is 0 Å². The van der Waals surface area contributed by atoms with Gasteiger partial charge in [0.1, 0.15) is 0 Å². The molecule has 3 fully saturated rings. The van der Waals surface area contributed by atoms with Crippen molar-refractivity contribution in [2.75, 3.05) is 0 Å². The summed E-state index contributed by atoms with van der Waals surface area (Å²) in [5.74, 6) is 6.58. The minimum Gasteiger partial charge on any atom is -0.0882 e. The number of allylic oxidation sites excluding steroid dienone is 2. The van der Waals surface area contributed by atoms with Gasteiger partial charge in [0.15, 0.2) is 0 Å². The molecule has 18 heavy (non-hydrogen) atoms. The van der Waals surface area contributed by atoms with Gasteiger partial charge in [0.25, 0.3) is 0 Å². The molecule has 0 aliphatic heterocycles. The van der Waals surface area contributed by atoms with Gasteiger partial charge in [-0.05, 0) is 80.5 Å². The Balaban J connectivity index is 1.61. The monoisotopic (exact) mass is 244 g/mol. The third-order valence-electron chi connectivity index (χ3n) is 6.88. The summed E-state index contributed by atoms with van der Waals surface area (Å²) in [5, 5.41) is 0. The van der Waals surface area contributed by atoms with E-state index in [-0.39, 0.29) is 0 Å². The quantitative estimate of drug-likeness (QED) is 0.514. The Morgan fingerprint density at radius 1 is 0.667 bits per heavy atom. The Kier molecular flexibility index (Phi) is 3.01. The first-order valence-corrected chi connectivity index (χ1v) is 8.60. The van der Waals surface area contributed by atoms with Crippen molar-refractivity contribution in [2.45, 2.75) is 64.2 Å². The summed E-state index contributed by atoms with van der Waals surface area (Å²) in [5.41, 5.74) is 0. The molecule has 0 heteroatoms. The zero-order valence-electron chi connectivity index (χ0n) is 11.7. The smallest absolute Gasteiger partial charge is 0.0202 e. The summed E-state index contributed by atoms with van der Waals surface area (Å²) >= 11 is 0. The van der Waals surface area contributed by atoms with Crippen molar-refractivity contribution in [3.63, 3.8) is 0 Å². The summed E-state index contributed by atoms with van der Waals surface area (Å²) in [6.07, 6.45) is 20.4. The van der Waals surface area contributed by atoms with E-state index < -0.39 is 0 Å². The summed E-state index contributed by atoms with van der Waals surface area (Å²) in [6.45, 7) is 0. The van der Waals surface area contributed by atoms with Crippen LogP contribution in [0.4, 0.5) is 0 Å². The Morgan fingerprint density at radius 3 is 2.50 bits per heavy atom. The zero-order chi connectivity index (χ0) is 11.9. The maximum absolute atomic E-state index is 2.59. The van der Waals surface area contributed by atoms with E-state index in [1.54, 1.807) is 32.1 Å². The molecule has 4 aliphatic carbocycles. The molecule has 0 nitrogen and oxygen atoms in total. The predicted molar refractivity (Wildman–Crippen MR) is 76.3 cm³/mol. The summed E-state index contributed by atoms with van der Waals surface area (Å²) < 4.78 is 0. The SMILES string of the molecule is C1=CC2CCC3CCC4CCCCC4C3C2CC1. The van der Waals surface area contributed by atoms with E-state index in [1.165, 1.54) is 32.1 Å². The third kappa shape index (κ3) is 1.79. The molecule has 0 bridgehead atoms. The Bertz CT molecular complexity index is 329. The highest BCUT2D eigenvalue weighted by molar-refractivity contribution is 5.05. The van der Waals surface area contributed by atoms with Crippen molar-refractivity contribution in [1.29, 1.82) is 0 Å². The lowest BCUT2D eigenvalue weighted by Crippen LogP contribution is -2.45. The molecule has 0 aromatic rings. The molecule has 100 valence electrons. The van der Waals surface area contributed by atoms with Crippen LogP contribution >= 0.6 is 0 Å². The molecule has 0 aromatic carbocycles. The van der Waals surface area contributed by atoms with E-state index >= 15 is 0 Å². The Labute approximate surface area is 112 Å². The van der Waals surface area contributed by atoms with Gasteiger partial charge in [-0.15, -0.1) is 0 Å². The molecular weight excluding hydrogens is 216 g/mol. The van der Waals surface area contributed by atoms with Crippen LogP contribution in [0.1, 0.15) is 64.2 Å². The molecular formula is C18H28. The molecule has 6 unspecified atom stereocenters. The van der Waals surface area contributed by atoms with E-state index in [4.69, 9.17) is 0 Å². The molecule has 0 N–H and O–H groups in total. The number of hydrogen-bond acceptors (Lipinski definition) is 0. The Morgan fingerprint density at radius 2 is 1.50 bits per heavy atom. The fourth-order valence-electron chi connectivity index (χ4n) is 6.19. The van der Waals surface area contributed by atoms with Crippen LogP contribution in [0.5, 0.6) is 0 Å². The first-order valence-electron chi connectivity index (χ1n) is 8.60. The van der Waals surface area contributed by atoms with Crippen molar-refractivity contribution in [1.82, 2.24) is 0 Å². The lowest BCUT2D eigenvalue weighted by molar-refractivity contribution is -0.0312. The fourth-order valence-corrected chi connectivity index (χ4v) is 6.19. The van der Waals surface area contributed by atoms with Crippen LogP contribution in [0.2, 0.25) is 0 Å². The van der Waals surface area contributed by atoms with E-state index in [1.807, 2.05) is 0 Å². The van der Waals surface area contributed by atoms with Gasteiger partial charge < -0.3 is 0 Å². The second-order valence-corrected chi connectivity index (χ2v) is 7.53. The highest BCUT2D eigenvalue weighted by atomic mass is 14.5. The lowest BCUT2D eigenvalue weighted by Gasteiger charge is -2.54. The molecule has 0 saturated heterocycles. The maximum Gasteiger partial charge on any atom is -0.0202 e. The molecule has 3 saturated carbocycles. The van der Waals surface area contributed by atoms with Crippen LogP contribution in [-0.2, 0) is 0 Å². The largest absolute Gasteiger partial charge is 0.0882 e. The van der Waals surface area contributed by atoms with E-state index in [0.717, 1.165) is 35.5 Å². The van der Waals surface area contributed by atoms with Crippen LogP contribution in [0.3, 0.4) is 0 Å². The van der Waals surface area contributed by atoms with Gasteiger partial charge in [-0.25, -0.2) is 0 Å². The molecule has 4 rings (SSSR count). The highest BCUT2D eigenvalue weighted by Gasteiger charge is 2.47. The zero-order valence-corrected chi connectivity index (χ0v) is 11.7. The first-order chi connectivity index (χ1) is 8.93. The Hall–Kier alpha value is -0.260. The second kappa shape index (κ2) is 4.69. The average molecular weight is 244 g/mol. The maximum atomic E-state index is 2.59. The van der Waals surface area contributed by atoms with Gasteiger partial charge in [-0.3, -0.25) is 0 Å². The van der Waals surface area contributed by atoms with E-state index in [9.17, 15) is 0 Å². The normalized spacial score (nSPS) is 51.1. The summed E-state index contributed by atoms with van der Waals surface area (Å²) in [6, 6.07) is 0. The van der Waals surface area contributed by atoms with Crippen molar-refractivity contribution in [3.05, 3.63) is 12.2 Å². The van der Waals surface area contributed by atoms with Crippen LogP contribution in [0.25, 0.3) is 0 Å². The predicted octanol–water partition coefficient (Wildman–Crippen LogP) is 5.20. The molecule has 0 amide bonds. The van der Waals surface area contributed by atoms with Crippen molar-refractivity contribution >= 4 is 0 Å². The van der Waals surface area contributed by atoms with Gasteiger partial charge >= 0.3 is 0 Å². The minimum absolute atomic E-state index is 0.973. The lowest BCUT2D eigenvalue weighted by atomic mass is 9.51. The summed E-state index contributed by atoms with van der Waals surface area (Å²) in [7, 11) is 0. The first kappa shape index (κ1) is 11.6. The van der Waals surface area contributed by atoms with Gasteiger partial charge in [0.2, 0.25) is 0 Å². The molecule has 4 aliphatic rings. The minimum atomic E-state index is 0.973. The average Bonchev–Trinajstić information content (AvgIpc) is 2.46.